The number of amides is 2. The van der Waals surface area contributed by atoms with E-state index in [-0.39, 0.29) is 19.1 Å². The first-order valence-electron chi connectivity index (χ1n) is 11.1. The Labute approximate surface area is 198 Å². The molecule has 34 heavy (non-hydrogen) atoms. The van der Waals surface area contributed by atoms with Crippen LogP contribution in [0.1, 0.15) is 41.2 Å². The number of ether oxygens (including phenoxy) is 1. The van der Waals surface area contributed by atoms with Gasteiger partial charge in [0.05, 0.1) is 24.4 Å². The van der Waals surface area contributed by atoms with E-state index in [1.54, 1.807) is 36.0 Å². The average molecular weight is 464 g/mol. The van der Waals surface area contributed by atoms with E-state index in [1.807, 2.05) is 49.7 Å². The molecule has 0 radical (unpaired) electrons. The minimum Gasteiger partial charge on any atom is -0.462 e. The fraction of sp³-hybridized carbons (Fsp3) is 0.280. The SMILES string of the molecule is CCOC(=O)c1c(/C=C/C(=O)NCC(=O)Nc2ccc(-n3cccn3)cc2)c(C)n(CC)c1C. The average Bonchev–Trinajstić information content (AvgIpc) is 3.43. The first-order valence-corrected chi connectivity index (χ1v) is 11.1. The van der Waals surface area contributed by atoms with Crippen LogP contribution < -0.4 is 10.6 Å². The fourth-order valence-corrected chi connectivity index (χ4v) is 3.76. The Balaban J connectivity index is 1.60. The number of aromatic nitrogens is 3. The van der Waals surface area contributed by atoms with Gasteiger partial charge in [0.15, 0.2) is 0 Å². The third-order valence-corrected chi connectivity index (χ3v) is 5.37. The number of anilines is 1. The molecule has 0 bridgehead atoms. The van der Waals surface area contributed by atoms with Crippen molar-refractivity contribution in [1.29, 1.82) is 0 Å². The lowest BCUT2D eigenvalue weighted by Crippen LogP contribution is -2.31. The molecule has 178 valence electrons. The van der Waals surface area contributed by atoms with Crippen molar-refractivity contribution in [3.63, 3.8) is 0 Å². The molecule has 0 aliphatic carbocycles. The third kappa shape index (κ3) is 5.61. The van der Waals surface area contributed by atoms with Gasteiger partial charge >= 0.3 is 5.97 Å². The van der Waals surface area contributed by atoms with E-state index >= 15 is 0 Å². The van der Waals surface area contributed by atoms with Gasteiger partial charge in [-0.15, -0.1) is 0 Å². The molecular weight excluding hydrogens is 434 g/mol. The Morgan fingerprint density at radius 3 is 2.44 bits per heavy atom. The highest BCUT2D eigenvalue weighted by molar-refractivity contribution is 6.00. The van der Waals surface area contributed by atoms with Gasteiger partial charge in [0.25, 0.3) is 0 Å². The second kappa shape index (κ2) is 11.1. The smallest absolute Gasteiger partial charge is 0.340 e. The van der Waals surface area contributed by atoms with Crippen molar-refractivity contribution in [3.05, 3.63) is 71.3 Å². The monoisotopic (exact) mass is 463 g/mol. The summed E-state index contributed by atoms with van der Waals surface area (Å²) in [7, 11) is 0. The second-order valence-electron chi connectivity index (χ2n) is 7.52. The van der Waals surface area contributed by atoms with Gasteiger partial charge in [-0.25, -0.2) is 9.48 Å². The summed E-state index contributed by atoms with van der Waals surface area (Å²) in [5.41, 5.74) is 4.21. The van der Waals surface area contributed by atoms with Crippen LogP contribution in [0.5, 0.6) is 0 Å². The van der Waals surface area contributed by atoms with Gasteiger partial charge in [-0.2, -0.15) is 5.10 Å². The van der Waals surface area contributed by atoms with Gasteiger partial charge in [0.1, 0.15) is 0 Å². The molecule has 0 unspecified atom stereocenters. The zero-order valence-electron chi connectivity index (χ0n) is 19.8. The molecule has 1 aromatic carbocycles. The Hall–Kier alpha value is -4.14. The van der Waals surface area contributed by atoms with Crippen LogP contribution >= 0.6 is 0 Å². The van der Waals surface area contributed by atoms with Crippen LogP contribution in [0.15, 0.2) is 48.8 Å². The van der Waals surface area contributed by atoms with Crippen molar-refractivity contribution in [2.45, 2.75) is 34.2 Å². The highest BCUT2D eigenvalue weighted by atomic mass is 16.5. The summed E-state index contributed by atoms with van der Waals surface area (Å²) >= 11 is 0. The van der Waals surface area contributed by atoms with Crippen LogP contribution in [0.2, 0.25) is 0 Å². The van der Waals surface area contributed by atoms with Gasteiger partial charge in [-0.3, -0.25) is 9.59 Å². The Morgan fingerprint density at radius 2 is 1.82 bits per heavy atom. The summed E-state index contributed by atoms with van der Waals surface area (Å²) in [4.78, 5) is 37.0. The lowest BCUT2D eigenvalue weighted by Gasteiger charge is -2.07. The van der Waals surface area contributed by atoms with Crippen LogP contribution in [0, 0.1) is 13.8 Å². The summed E-state index contributed by atoms with van der Waals surface area (Å²) in [6.07, 6.45) is 6.41. The number of benzene rings is 1. The molecule has 0 atom stereocenters. The molecule has 0 spiro atoms. The van der Waals surface area contributed by atoms with Crippen molar-refractivity contribution in [2.24, 2.45) is 0 Å². The number of carbonyl (C=O) groups is 3. The normalized spacial score (nSPS) is 10.9. The van der Waals surface area contributed by atoms with Crippen molar-refractivity contribution in [3.8, 4) is 5.69 Å². The lowest BCUT2D eigenvalue weighted by molar-refractivity contribution is -0.121. The molecule has 9 nitrogen and oxygen atoms in total. The quantitative estimate of drug-likeness (QED) is 0.374. The van der Waals surface area contributed by atoms with Gasteiger partial charge in [0.2, 0.25) is 11.8 Å². The molecule has 0 aliphatic rings. The molecule has 9 heteroatoms. The van der Waals surface area contributed by atoms with E-state index in [0.717, 1.165) is 17.1 Å². The molecule has 0 aliphatic heterocycles. The molecule has 0 fully saturated rings. The van der Waals surface area contributed by atoms with Crippen molar-refractivity contribution in [2.75, 3.05) is 18.5 Å². The molecule has 3 rings (SSSR count). The summed E-state index contributed by atoms with van der Waals surface area (Å²) in [6.45, 7) is 8.24. The highest BCUT2D eigenvalue weighted by Gasteiger charge is 2.22. The maximum Gasteiger partial charge on any atom is 0.340 e. The van der Waals surface area contributed by atoms with E-state index in [9.17, 15) is 14.4 Å². The molecule has 3 aromatic rings. The van der Waals surface area contributed by atoms with E-state index in [4.69, 9.17) is 4.74 Å². The number of hydrogen-bond donors (Lipinski definition) is 2. The van der Waals surface area contributed by atoms with Gasteiger partial charge in [-0.05, 0) is 64.1 Å². The largest absolute Gasteiger partial charge is 0.462 e. The Kier molecular flexibility index (Phi) is 8.02. The van der Waals surface area contributed by atoms with Crippen LogP contribution in [0.4, 0.5) is 5.69 Å². The molecule has 2 heterocycles. The lowest BCUT2D eigenvalue weighted by atomic mass is 10.1. The predicted octanol–water partition coefficient (Wildman–Crippen LogP) is 3.26. The van der Waals surface area contributed by atoms with Crippen molar-refractivity contribution in [1.82, 2.24) is 19.7 Å². The maximum absolute atomic E-state index is 12.5. The number of nitrogens with one attached hydrogen (secondary N) is 2. The second-order valence-corrected chi connectivity index (χ2v) is 7.52. The van der Waals surface area contributed by atoms with Crippen LogP contribution in [0.25, 0.3) is 11.8 Å². The predicted molar refractivity (Wildman–Crippen MR) is 130 cm³/mol. The number of rotatable bonds is 9. The van der Waals surface area contributed by atoms with Gasteiger partial charge < -0.3 is 19.9 Å². The highest BCUT2D eigenvalue weighted by Crippen LogP contribution is 2.25. The van der Waals surface area contributed by atoms with Crippen molar-refractivity contribution >= 4 is 29.5 Å². The minimum atomic E-state index is -0.444. The molecule has 2 N–H and O–H groups in total. The summed E-state index contributed by atoms with van der Waals surface area (Å²) in [5, 5.41) is 9.45. The van der Waals surface area contributed by atoms with E-state index in [2.05, 4.69) is 15.7 Å². The van der Waals surface area contributed by atoms with Crippen LogP contribution in [0.3, 0.4) is 0 Å². The number of esters is 1. The number of carbonyl (C=O) groups excluding carboxylic acids is 3. The maximum atomic E-state index is 12.5. The minimum absolute atomic E-state index is 0.192. The third-order valence-electron chi connectivity index (χ3n) is 5.37. The standard InChI is InChI=1S/C25H29N5O4/c1-5-29-17(3)21(24(18(29)4)25(33)34-6-2)12-13-22(31)26-16-23(32)28-19-8-10-20(11-9-19)30-15-7-14-27-30/h7-15H,5-6,16H2,1-4H3,(H,26,31)(H,28,32)/b13-12+. The Morgan fingerprint density at radius 1 is 1.09 bits per heavy atom. The molecule has 2 aromatic heterocycles. The zero-order valence-corrected chi connectivity index (χ0v) is 19.8. The first-order chi connectivity index (χ1) is 16.3. The summed E-state index contributed by atoms with van der Waals surface area (Å²) < 4.78 is 8.90. The zero-order chi connectivity index (χ0) is 24.7. The molecule has 2 amide bonds. The van der Waals surface area contributed by atoms with Gasteiger partial charge in [-0.1, -0.05) is 0 Å². The molecule has 0 saturated carbocycles. The van der Waals surface area contributed by atoms with E-state index in [1.165, 1.54) is 6.08 Å². The molecular formula is C25H29N5O4. The Bertz CT molecular complexity index is 1190. The summed E-state index contributed by atoms with van der Waals surface area (Å²) in [5.74, 6) is -1.22. The van der Waals surface area contributed by atoms with Crippen LogP contribution in [-0.2, 0) is 20.9 Å². The van der Waals surface area contributed by atoms with E-state index in [0.29, 0.717) is 23.4 Å². The summed E-state index contributed by atoms with van der Waals surface area (Å²) in [6, 6.07) is 9.01. The van der Waals surface area contributed by atoms with E-state index < -0.39 is 11.9 Å². The molecule has 0 saturated heterocycles. The van der Waals surface area contributed by atoms with Crippen LogP contribution in [-0.4, -0.2) is 45.3 Å². The fourth-order valence-electron chi connectivity index (χ4n) is 3.76. The van der Waals surface area contributed by atoms with Crippen molar-refractivity contribution < 1.29 is 19.1 Å². The number of nitrogens with zero attached hydrogens (tertiary/aromatic N) is 3. The van der Waals surface area contributed by atoms with Gasteiger partial charge in [0, 0.05) is 47.7 Å². The topological polar surface area (TPSA) is 107 Å². The number of hydrogen-bond acceptors (Lipinski definition) is 5. The first kappa shape index (κ1) is 24.5.